The summed E-state index contributed by atoms with van der Waals surface area (Å²) in [4.78, 5) is 0. The molecule has 0 aromatic carbocycles. The molecule has 0 amide bonds. The maximum atomic E-state index is 11.5. The van der Waals surface area contributed by atoms with Crippen LogP contribution in [0.15, 0.2) is 0 Å². The molecule has 0 aromatic rings. The highest BCUT2D eigenvalue weighted by molar-refractivity contribution is 7.91. The van der Waals surface area contributed by atoms with E-state index in [0.29, 0.717) is 23.6 Å². The van der Waals surface area contributed by atoms with Gasteiger partial charge in [0.25, 0.3) is 0 Å². The van der Waals surface area contributed by atoms with Crippen LogP contribution in [0.2, 0.25) is 0 Å². The molecule has 1 saturated heterocycles. The lowest BCUT2D eigenvalue weighted by Gasteiger charge is -2.32. The molecular weight excluding hydrogens is 224 g/mol. The van der Waals surface area contributed by atoms with Gasteiger partial charge in [0.2, 0.25) is 0 Å². The molecule has 3 N–H and O–H groups in total. The van der Waals surface area contributed by atoms with Gasteiger partial charge < -0.3 is 11.1 Å². The molecule has 1 saturated carbocycles. The van der Waals surface area contributed by atoms with E-state index in [4.69, 9.17) is 5.73 Å². The Balaban J connectivity index is 1.81. The van der Waals surface area contributed by atoms with Gasteiger partial charge in [-0.3, -0.25) is 0 Å². The topological polar surface area (TPSA) is 72.2 Å². The van der Waals surface area contributed by atoms with Gasteiger partial charge in [-0.1, -0.05) is 0 Å². The van der Waals surface area contributed by atoms with E-state index in [2.05, 4.69) is 5.32 Å². The number of nitrogens with two attached hydrogens (primary N) is 1. The second kappa shape index (κ2) is 5.02. The van der Waals surface area contributed by atoms with E-state index in [1.54, 1.807) is 0 Å². The average molecular weight is 246 g/mol. The van der Waals surface area contributed by atoms with Crippen molar-refractivity contribution >= 4 is 9.84 Å². The predicted molar refractivity (Wildman–Crippen MR) is 65.0 cm³/mol. The van der Waals surface area contributed by atoms with Gasteiger partial charge >= 0.3 is 0 Å². The van der Waals surface area contributed by atoms with Crippen LogP contribution >= 0.6 is 0 Å². The summed E-state index contributed by atoms with van der Waals surface area (Å²) in [7, 11) is -2.78. The smallest absolute Gasteiger partial charge is 0.151 e. The first-order valence-electron chi connectivity index (χ1n) is 6.27. The normalized spacial score (nSPS) is 39.4. The minimum atomic E-state index is -2.78. The maximum Gasteiger partial charge on any atom is 0.151 e. The van der Waals surface area contributed by atoms with E-state index >= 15 is 0 Å². The van der Waals surface area contributed by atoms with Crippen molar-refractivity contribution in [3.8, 4) is 0 Å². The molecule has 0 spiro atoms. The van der Waals surface area contributed by atoms with E-state index in [1.165, 1.54) is 0 Å². The highest BCUT2D eigenvalue weighted by Gasteiger charge is 2.27. The van der Waals surface area contributed by atoms with E-state index < -0.39 is 9.84 Å². The lowest BCUT2D eigenvalue weighted by atomic mass is 9.91. The highest BCUT2D eigenvalue weighted by Crippen LogP contribution is 2.20. The molecule has 0 radical (unpaired) electrons. The second-order valence-electron chi connectivity index (χ2n) is 5.23. The molecule has 1 atom stereocenters. The first kappa shape index (κ1) is 12.3. The summed E-state index contributed by atoms with van der Waals surface area (Å²) >= 11 is 0. The SMILES string of the molecule is NC1CCC(NC2CCCS(=O)(=O)C2)CC1. The van der Waals surface area contributed by atoms with Crippen LogP contribution in [0.3, 0.4) is 0 Å². The average Bonchev–Trinajstić information content (AvgIpc) is 2.20. The fraction of sp³-hybridized carbons (Fsp3) is 1.00. The molecule has 4 nitrogen and oxygen atoms in total. The van der Waals surface area contributed by atoms with Gasteiger partial charge in [0.1, 0.15) is 0 Å². The van der Waals surface area contributed by atoms with Crippen molar-refractivity contribution in [1.29, 1.82) is 0 Å². The van der Waals surface area contributed by atoms with Gasteiger partial charge in [-0.15, -0.1) is 0 Å². The predicted octanol–water partition coefficient (Wildman–Crippen LogP) is 0.423. The third kappa shape index (κ3) is 3.43. The minimum Gasteiger partial charge on any atom is -0.328 e. The number of hydrogen-bond acceptors (Lipinski definition) is 4. The summed E-state index contributed by atoms with van der Waals surface area (Å²) < 4.78 is 23.0. The van der Waals surface area contributed by atoms with Gasteiger partial charge in [-0.25, -0.2) is 8.42 Å². The Bertz CT molecular complexity index is 321. The third-order valence-corrected chi connectivity index (χ3v) is 5.53. The van der Waals surface area contributed by atoms with Crippen molar-refractivity contribution < 1.29 is 8.42 Å². The first-order chi connectivity index (χ1) is 7.55. The molecule has 0 bridgehead atoms. The molecule has 1 heterocycles. The minimum absolute atomic E-state index is 0.179. The Hall–Kier alpha value is -0.130. The quantitative estimate of drug-likeness (QED) is 0.741. The zero-order valence-corrected chi connectivity index (χ0v) is 10.5. The molecule has 1 aliphatic carbocycles. The van der Waals surface area contributed by atoms with Gasteiger partial charge in [0.05, 0.1) is 11.5 Å². The molecule has 16 heavy (non-hydrogen) atoms. The van der Waals surface area contributed by atoms with Crippen molar-refractivity contribution in [3.63, 3.8) is 0 Å². The van der Waals surface area contributed by atoms with Crippen LogP contribution in [-0.2, 0) is 9.84 Å². The van der Waals surface area contributed by atoms with E-state index in [9.17, 15) is 8.42 Å². The van der Waals surface area contributed by atoms with Crippen LogP contribution in [0.4, 0.5) is 0 Å². The lowest BCUT2D eigenvalue weighted by Crippen LogP contribution is -2.47. The number of nitrogens with one attached hydrogen (secondary N) is 1. The van der Waals surface area contributed by atoms with Crippen molar-refractivity contribution in [2.45, 2.75) is 56.7 Å². The zero-order valence-electron chi connectivity index (χ0n) is 9.69. The van der Waals surface area contributed by atoms with Crippen molar-refractivity contribution in [3.05, 3.63) is 0 Å². The molecule has 5 heteroatoms. The zero-order chi connectivity index (χ0) is 11.6. The molecule has 2 fully saturated rings. The Morgan fingerprint density at radius 2 is 1.69 bits per heavy atom. The van der Waals surface area contributed by atoms with Crippen molar-refractivity contribution in [2.24, 2.45) is 5.73 Å². The van der Waals surface area contributed by atoms with Crippen LogP contribution in [0, 0.1) is 0 Å². The molecule has 2 rings (SSSR count). The van der Waals surface area contributed by atoms with Crippen molar-refractivity contribution in [1.82, 2.24) is 5.32 Å². The third-order valence-electron chi connectivity index (χ3n) is 3.71. The molecule has 94 valence electrons. The Morgan fingerprint density at radius 3 is 2.31 bits per heavy atom. The molecule has 0 aromatic heterocycles. The number of sulfone groups is 1. The molecule has 1 unspecified atom stereocenters. The Kier molecular flexibility index (Phi) is 3.87. The largest absolute Gasteiger partial charge is 0.328 e. The molecule has 2 aliphatic rings. The maximum absolute atomic E-state index is 11.5. The monoisotopic (exact) mass is 246 g/mol. The van der Waals surface area contributed by atoms with Gasteiger partial charge in [-0.2, -0.15) is 0 Å². The van der Waals surface area contributed by atoms with Gasteiger partial charge in [-0.05, 0) is 38.5 Å². The van der Waals surface area contributed by atoms with E-state index in [0.717, 1.165) is 38.5 Å². The molecular formula is C11H22N2O2S. The van der Waals surface area contributed by atoms with Gasteiger partial charge in [0.15, 0.2) is 9.84 Å². The van der Waals surface area contributed by atoms with E-state index in [1.807, 2.05) is 0 Å². The summed E-state index contributed by atoms with van der Waals surface area (Å²) in [5.74, 6) is 0.705. The van der Waals surface area contributed by atoms with Gasteiger partial charge in [0, 0.05) is 18.1 Å². The Morgan fingerprint density at radius 1 is 1.00 bits per heavy atom. The molecule has 1 aliphatic heterocycles. The van der Waals surface area contributed by atoms with Crippen molar-refractivity contribution in [2.75, 3.05) is 11.5 Å². The Labute approximate surface area is 97.9 Å². The van der Waals surface area contributed by atoms with Crippen LogP contribution in [0.5, 0.6) is 0 Å². The fourth-order valence-electron chi connectivity index (χ4n) is 2.77. The lowest BCUT2D eigenvalue weighted by molar-refractivity contribution is 0.312. The summed E-state index contributed by atoms with van der Waals surface area (Å²) in [6.07, 6.45) is 6.14. The fourth-order valence-corrected chi connectivity index (χ4v) is 4.42. The van der Waals surface area contributed by atoms with E-state index in [-0.39, 0.29) is 6.04 Å². The summed E-state index contributed by atoms with van der Waals surface area (Å²) in [6, 6.07) is 1.02. The number of hydrogen-bond donors (Lipinski definition) is 2. The standard InChI is InChI=1S/C11H22N2O2S/c12-9-3-5-10(6-4-9)13-11-2-1-7-16(14,15)8-11/h9-11,13H,1-8,12H2. The first-order valence-corrected chi connectivity index (χ1v) is 8.09. The van der Waals surface area contributed by atoms with Crippen LogP contribution in [-0.4, -0.2) is 38.0 Å². The second-order valence-corrected chi connectivity index (χ2v) is 7.46. The number of rotatable bonds is 2. The summed E-state index contributed by atoms with van der Waals surface area (Å²) in [5, 5.41) is 3.50. The van der Waals surface area contributed by atoms with Crippen LogP contribution in [0.25, 0.3) is 0 Å². The summed E-state index contributed by atoms with van der Waals surface area (Å²) in [6.45, 7) is 0. The highest BCUT2D eigenvalue weighted by atomic mass is 32.2. The van der Waals surface area contributed by atoms with Crippen LogP contribution < -0.4 is 11.1 Å². The van der Waals surface area contributed by atoms with Crippen LogP contribution in [0.1, 0.15) is 38.5 Å². The summed E-state index contributed by atoms with van der Waals surface area (Å²) in [5.41, 5.74) is 5.85.